The molecule has 3 aliphatic rings. The molecule has 5 atom stereocenters. The van der Waals surface area contributed by atoms with Gasteiger partial charge in [-0.25, -0.2) is 0 Å². The van der Waals surface area contributed by atoms with Gasteiger partial charge in [0.25, 0.3) is 5.60 Å². The van der Waals surface area contributed by atoms with Crippen molar-refractivity contribution in [2.45, 2.75) is 134 Å². The Hall–Kier alpha value is -0.900. The van der Waals surface area contributed by atoms with Crippen LogP contribution in [-0.4, -0.2) is 108 Å². The summed E-state index contributed by atoms with van der Waals surface area (Å²) in [6, 6.07) is 6.73. The molecule has 3 aliphatic carbocycles. The Morgan fingerprint density at radius 3 is 2.21 bits per heavy atom. The van der Waals surface area contributed by atoms with Crippen molar-refractivity contribution in [3.8, 4) is 5.75 Å². The van der Waals surface area contributed by atoms with Crippen LogP contribution in [0, 0.1) is 23.2 Å². The second-order valence-corrected chi connectivity index (χ2v) is 19.5. The minimum Gasteiger partial charge on any atom is -0.494 e. The number of methoxy groups -OCH3 is 2. The highest BCUT2D eigenvalue weighted by Crippen LogP contribution is 2.61. The normalized spacial score (nSPS) is 23.9. The van der Waals surface area contributed by atoms with Gasteiger partial charge in [0.1, 0.15) is 5.75 Å². The molecule has 0 aliphatic heterocycles. The minimum atomic E-state index is -5.55. The van der Waals surface area contributed by atoms with Crippen molar-refractivity contribution in [1.29, 1.82) is 0 Å². The Kier molecular flexibility index (Phi) is 20.0. The van der Waals surface area contributed by atoms with E-state index in [1.807, 2.05) is 21.6 Å². The third kappa shape index (κ3) is 13.3. The van der Waals surface area contributed by atoms with Gasteiger partial charge in [-0.3, -0.25) is 0 Å². The molecule has 330 valence electrons. The first kappa shape index (κ1) is 48.8. The number of hydrogen-bond donors (Lipinski definition) is 0. The van der Waals surface area contributed by atoms with Gasteiger partial charge in [-0.05, 0) is 118 Å². The first-order valence-electron chi connectivity index (χ1n) is 21.3. The van der Waals surface area contributed by atoms with Crippen molar-refractivity contribution >= 4 is 21.6 Å². The Morgan fingerprint density at radius 2 is 1.53 bits per heavy atom. The topological polar surface area (TPSA) is 49.4 Å². The number of halogens is 6. The third-order valence-corrected chi connectivity index (χ3v) is 15.4. The maximum absolute atomic E-state index is 13.6. The van der Waals surface area contributed by atoms with Crippen LogP contribution in [0.1, 0.15) is 114 Å². The van der Waals surface area contributed by atoms with Gasteiger partial charge >= 0.3 is 12.4 Å². The highest BCUT2D eigenvalue weighted by Gasteiger charge is 2.71. The van der Waals surface area contributed by atoms with E-state index in [4.69, 9.17) is 18.9 Å². The summed E-state index contributed by atoms with van der Waals surface area (Å²) in [6.45, 7) is 5.95. The molecule has 2 saturated carbocycles. The third-order valence-electron chi connectivity index (χ3n) is 12.9. The van der Waals surface area contributed by atoms with Gasteiger partial charge in [0.15, 0.2) is 0 Å². The number of hydrogen-bond acceptors (Lipinski definition) is 8. The van der Waals surface area contributed by atoms with Crippen LogP contribution in [0.3, 0.4) is 0 Å². The average molecular weight is 858 g/mol. The number of rotatable bonds is 27. The number of benzene rings is 1. The van der Waals surface area contributed by atoms with E-state index in [1.54, 1.807) is 26.2 Å². The lowest BCUT2D eigenvalue weighted by Crippen LogP contribution is -2.59. The SMILES string of the molecule is CCCC(OCCN(C)CCOC1CCC2C3CCc4cc(OCCCSSCCCCCCC(COC)COC)ccc4C3CCC12C)(C(F)(F)F)C(F)(F)F. The molecule has 2 fully saturated rings. The maximum atomic E-state index is 13.6. The van der Waals surface area contributed by atoms with E-state index in [0.29, 0.717) is 36.8 Å². The molecule has 4 rings (SSSR count). The van der Waals surface area contributed by atoms with Crippen LogP contribution < -0.4 is 4.74 Å². The van der Waals surface area contributed by atoms with E-state index in [-0.39, 0.29) is 24.5 Å². The molecule has 0 heterocycles. The summed E-state index contributed by atoms with van der Waals surface area (Å²) in [5.41, 5.74) is -1.19. The Labute approximate surface area is 346 Å². The average Bonchev–Trinajstić information content (AvgIpc) is 3.49. The zero-order chi connectivity index (χ0) is 41.5. The second kappa shape index (κ2) is 23.4. The van der Waals surface area contributed by atoms with E-state index in [0.717, 1.165) is 76.3 Å². The van der Waals surface area contributed by atoms with Crippen molar-refractivity contribution in [3.63, 3.8) is 0 Å². The summed E-state index contributed by atoms with van der Waals surface area (Å²) in [6.07, 6.45) is 1.23. The zero-order valence-corrected chi connectivity index (χ0v) is 36.6. The van der Waals surface area contributed by atoms with Crippen LogP contribution in [-0.2, 0) is 25.4 Å². The fourth-order valence-corrected chi connectivity index (χ4v) is 12.0. The number of aryl methyl sites for hydroxylation is 1. The van der Waals surface area contributed by atoms with E-state index in [2.05, 4.69) is 29.9 Å². The van der Waals surface area contributed by atoms with Gasteiger partial charge in [0, 0.05) is 44.7 Å². The molecular weight excluding hydrogens is 789 g/mol. The van der Waals surface area contributed by atoms with Crippen LogP contribution in [0.4, 0.5) is 26.3 Å². The molecule has 1 aromatic rings. The molecule has 57 heavy (non-hydrogen) atoms. The van der Waals surface area contributed by atoms with Crippen molar-refractivity contribution in [2.75, 3.05) is 78.9 Å². The number of ether oxygens (including phenoxy) is 5. The molecule has 14 heteroatoms. The number of nitrogens with zero attached hydrogens (tertiary/aromatic N) is 1. The van der Waals surface area contributed by atoms with Crippen molar-refractivity contribution in [1.82, 2.24) is 4.90 Å². The van der Waals surface area contributed by atoms with E-state index in [9.17, 15) is 26.3 Å². The number of unbranched alkanes of at least 4 members (excludes halogenated alkanes) is 3. The molecule has 6 nitrogen and oxygen atoms in total. The molecule has 1 aromatic carbocycles. The van der Waals surface area contributed by atoms with E-state index in [1.165, 1.54) is 55.9 Å². The van der Waals surface area contributed by atoms with Gasteiger partial charge in [-0.1, -0.05) is 67.2 Å². The molecule has 5 unspecified atom stereocenters. The lowest BCUT2D eigenvalue weighted by Gasteiger charge is -2.50. The van der Waals surface area contributed by atoms with Gasteiger partial charge in [0.2, 0.25) is 0 Å². The Morgan fingerprint density at radius 1 is 0.842 bits per heavy atom. The lowest BCUT2D eigenvalue weighted by atomic mass is 9.55. The van der Waals surface area contributed by atoms with E-state index >= 15 is 0 Å². The van der Waals surface area contributed by atoms with Crippen LogP contribution in [0.25, 0.3) is 0 Å². The molecule has 0 amide bonds. The van der Waals surface area contributed by atoms with E-state index < -0.39 is 31.0 Å². The zero-order valence-electron chi connectivity index (χ0n) is 35.0. The van der Waals surface area contributed by atoms with Crippen LogP contribution in [0.2, 0.25) is 0 Å². The highest BCUT2D eigenvalue weighted by molar-refractivity contribution is 8.76. The Balaban J connectivity index is 1.12. The van der Waals surface area contributed by atoms with Crippen molar-refractivity contribution in [2.24, 2.45) is 23.2 Å². The van der Waals surface area contributed by atoms with Crippen LogP contribution in [0.5, 0.6) is 5.75 Å². The molecule has 0 saturated heterocycles. The number of alkyl halides is 6. The molecule has 0 radical (unpaired) electrons. The first-order chi connectivity index (χ1) is 27.2. The quantitative estimate of drug-likeness (QED) is 0.0493. The standard InChI is InChI=1S/C43H69F6NO5S2/c1-6-20-41(42(44,45)46,43(47,48)49)55-26-23-50(3)22-25-54-39-18-17-38-37-15-13-33-29-34(14-16-35(33)36(37)19-21-40(38,39)2)53-24-11-28-57-56-27-10-8-7-9-12-32(30-51-4)31-52-5/h14,16,29,32,36-39H,6-13,15,17-28,30-31H2,1-5H3. The summed E-state index contributed by atoms with van der Waals surface area (Å²) in [5, 5.41) is 0. The molecule has 0 bridgehead atoms. The smallest absolute Gasteiger partial charge is 0.426 e. The monoisotopic (exact) mass is 857 g/mol. The van der Waals surface area contributed by atoms with Gasteiger partial charge in [-0.15, -0.1) is 0 Å². The van der Waals surface area contributed by atoms with Gasteiger partial charge in [0.05, 0.1) is 39.1 Å². The molecule has 0 spiro atoms. The summed E-state index contributed by atoms with van der Waals surface area (Å²) < 4.78 is 109. The summed E-state index contributed by atoms with van der Waals surface area (Å²) in [5.74, 6) is 5.45. The summed E-state index contributed by atoms with van der Waals surface area (Å²) >= 11 is 0. The fraction of sp³-hybridized carbons (Fsp3) is 0.860. The number of fused-ring (bicyclic) bond motifs is 5. The van der Waals surface area contributed by atoms with Crippen LogP contribution in [0.15, 0.2) is 18.2 Å². The predicted octanol–water partition coefficient (Wildman–Crippen LogP) is 11.5. The molecule has 0 N–H and O–H groups in total. The van der Waals surface area contributed by atoms with Crippen molar-refractivity contribution < 1.29 is 50.0 Å². The largest absolute Gasteiger partial charge is 0.494 e. The number of likely N-dealkylation sites (N-methyl/N-ethyl adjacent to an activating group) is 1. The maximum Gasteiger partial charge on any atom is 0.426 e. The lowest BCUT2D eigenvalue weighted by molar-refractivity contribution is -0.383. The fourth-order valence-electron chi connectivity index (χ4n) is 9.80. The van der Waals surface area contributed by atoms with Gasteiger partial charge < -0.3 is 28.6 Å². The summed E-state index contributed by atoms with van der Waals surface area (Å²) in [4.78, 5) is 1.68. The van der Waals surface area contributed by atoms with Crippen LogP contribution >= 0.6 is 21.6 Å². The predicted molar refractivity (Wildman–Crippen MR) is 219 cm³/mol. The van der Waals surface area contributed by atoms with Crippen molar-refractivity contribution in [3.05, 3.63) is 29.3 Å². The first-order valence-corrected chi connectivity index (χ1v) is 23.7. The Bertz CT molecular complexity index is 1290. The highest BCUT2D eigenvalue weighted by atomic mass is 33.1. The second-order valence-electron chi connectivity index (χ2n) is 16.8. The molecule has 0 aromatic heterocycles. The molecular formula is C43H69F6NO5S2. The minimum absolute atomic E-state index is 0.0528. The van der Waals surface area contributed by atoms with Gasteiger partial charge in [-0.2, -0.15) is 26.3 Å². The summed E-state index contributed by atoms with van der Waals surface area (Å²) in [7, 11) is 9.11.